The maximum Gasteiger partial charge on any atom is 0.243 e. The van der Waals surface area contributed by atoms with Crippen LogP contribution < -0.4 is 0 Å². The smallest absolute Gasteiger partial charge is 0.207 e. The number of benzene rings is 3. The Morgan fingerprint density at radius 2 is 1.57 bits per heavy atom. The molecule has 1 heterocycles. The summed E-state index contributed by atoms with van der Waals surface area (Å²) in [6.45, 7) is 2.51. The summed E-state index contributed by atoms with van der Waals surface area (Å²) in [4.78, 5) is 0.393. The molecule has 0 aliphatic carbocycles. The number of hydrogen-bond donors (Lipinski definition) is 0. The highest BCUT2D eigenvalue weighted by Crippen LogP contribution is 2.31. The summed E-state index contributed by atoms with van der Waals surface area (Å²) in [5.74, 6) is 0. The summed E-state index contributed by atoms with van der Waals surface area (Å²) in [6, 6.07) is 27.8. The molecule has 1 aliphatic heterocycles. The summed E-state index contributed by atoms with van der Waals surface area (Å²) >= 11 is 0. The first-order valence-electron chi connectivity index (χ1n) is 10.5. The fourth-order valence-electron chi connectivity index (χ4n) is 4.16. The standard InChI is InChI=1S/C26H27NO2S/c1-21-10-8-16-25(20-21)30(28,29)27-19-9-15-24(27)17-18-26(22-11-4-2-5-12-22)23-13-6-3-7-14-23/h2-8,10-14,16,18,20,24H,9,15,17,19H2,1H3/t24-/m1/s1. The maximum absolute atomic E-state index is 13.3. The predicted octanol–water partition coefficient (Wildman–Crippen LogP) is 5.67. The van der Waals surface area contributed by atoms with E-state index in [2.05, 4.69) is 30.3 Å². The number of hydrogen-bond acceptors (Lipinski definition) is 2. The second kappa shape index (κ2) is 8.99. The van der Waals surface area contributed by atoms with Crippen molar-refractivity contribution in [2.75, 3.05) is 6.54 Å². The molecule has 4 rings (SSSR count). The summed E-state index contributed by atoms with van der Waals surface area (Å²) in [5, 5.41) is 0. The van der Waals surface area contributed by atoms with Gasteiger partial charge in [0.05, 0.1) is 4.90 Å². The first kappa shape index (κ1) is 20.6. The van der Waals surface area contributed by atoms with Crippen molar-refractivity contribution in [3.8, 4) is 0 Å². The van der Waals surface area contributed by atoms with E-state index in [4.69, 9.17) is 0 Å². The maximum atomic E-state index is 13.3. The van der Waals surface area contributed by atoms with Gasteiger partial charge < -0.3 is 0 Å². The van der Waals surface area contributed by atoms with Gasteiger partial charge in [0.25, 0.3) is 0 Å². The minimum Gasteiger partial charge on any atom is -0.207 e. The minimum atomic E-state index is -3.48. The van der Waals surface area contributed by atoms with Crippen LogP contribution in [-0.2, 0) is 10.0 Å². The number of aryl methyl sites for hydroxylation is 1. The van der Waals surface area contributed by atoms with Crippen molar-refractivity contribution in [2.24, 2.45) is 0 Å². The molecular weight excluding hydrogens is 390 g/mol. The molecule has 30 heavy (non-hydrogen) atoms. The summed E-state index contributed by atoms with van der Waals surface area (Å²) in [6.07, 6.45) is 4.69. The van der Waals surface area contributed by atoms with Gasteiger partial charge >= 0.3 is 0 Å². The average Bonchev–Trinajstić information content (AvgIpc) is 3.25. The van der Waals surface area contributed by atoms with Crippen LogP contribution in [0.15, 0.2) is 95.9 Å². The molecule has 0 saturated carbocycles. The van der Waals surface area contributed by atoms with E-state index in [1.165, 1.54) is 0 Å². The Morgan fingerprint density at radius 3 is 2.17 bits per heavy atom. The van der Waals surface area contributed by atoms with E-state index >= 15 is 0 Å². The quantitative estimate of drug-likeness (QED) is 0.518. The molecule has 4 heteroatoms. The van der Waals surface area contributed by atoms with Gasteiger partial charge in [-0.1, -0.05) is 78.9 Å². The molecule has 1 aliphatic rings. The molecule has 3 aromatic carbocycles. The Morgan fingerprint density at radius 1 is 0.933 bits per heavy atom. The van der Waals surface area contributed by atoms with Crippen molar-refractivity contribution < 1.29 is 8.42 Å². The Kier molecular flexibility index (Phi) is 6.16. The molecule has 154 valence electrons. The van der Waals surface area contributed by atoms with Crippen molar-refractivity contribution >= 4 is 15.6 Å². The molecule has 0 amide bonds. The van der Waals surface area contributed by atoms with Crippen molar-refractivity contribution in [1.29, 1.82) is 0 Å². The Labute approximate surface area is 179 Å². The van der Waals surface area contributed by atoms with E-state index in [0.29, 0.717) is 17.9 Å². The van der Waals surface area contributed by atoms with Gasteiger partial charge in [-0.25, -0.2) is 8.42 Å². The molecule has 0 N–H and O–H groups in total. The van der Waals surface area contributed by atoms with Crippen LogP contribution in [-0.4, -0.2) is 25.3 Å². The molecule has 0 spiro atoms. The second-order valence-electron chi connectivity index (χ2n) is 7.81. The lowest BCUT2D eigenvalue weighted by atomic mass is 9.96. The van der Waals surface area contributed by atoms with Crippen LogP contribution in [0.5, 0.6) is 0 Å². The normalized spacial score (nSPS) is 17.0. The van der Waals surface area contributed by atoms with Gasteiger partial charge in [0.1, 0.15) is 0 Å². The highest BCUT2D eigenvalue weighted by Gasteiger charge is 2.34. The van der Waals surface area contributed by atoms with Gasteiger partial charge in [0.15, 0.2) is 0 Å². The zero-order valence-electron chi connectivity index (χ0n) is 17.2. The number of sulfonamides is 1. The third-order valence-corrected chi connectivity index (χ3v) is 7.63. The van der Waals surface area contributed by atoms with Gasteiger partial charge in [-0.05, 0) is 60.6 Å². The van der Waals surface area contributed by atoms with Crippen LogP contribution in [0.25, 0.3) is 5.57 Å². The van der Waals surface area contributed by atoms with Crippen LogP contribution in [0, 0.1) is 6.92 Å². The Balaban J connectivity index is 1.64. The molecule has 1 saturated heterocycles. The lowest BCUT2D eigenvalue weighted by Gasteiger charge is -2.24. The minimum absolute atomic E-state index is 0.0158. The van der Waals surface area contributed by atoms with Crippen molar-refractivity contribution in [3.63, 3.8) is 0 Å². The summed E-state index contributed by atoms with van der Waals surface area (Å²) < 4.78 is 28.3. The van der Waals surface area contributed by atoms with Gasteiger partial charge in [0.2, 0.25) is 10.0 Å². The van der Waals surface area contributed by atoms with Crippen molar-refractivity contribution in [3.05, 3.63) is 108 Å². The SMILES string of the molecule is Cc1cccc(S(=O)(=O)N2CCC[C@@H]2CC=C(c2ccccc2)c2ccccc2)c1. The third-order valence-electron chi connectivity index (χ3n) is 5.68. The van der Waals surface area contributed by atoms with E-state index in [1.54, 1.807) is 16.4 Å². The monoisotopic (exact) mass is 417 g/mol. The van der Waals surface area contributed by atoms with Crippen molar-refractivity contribution in [1.82, 2.24) is 4.31 Å². The first-order chi connectivity index (χ1) is 14.6. The Hall–Kier alpha value is -2.69. The molecule has 3 aromatic rings. The van der Waals surface area contributed by atoms with Gasteiger partial charge in [0, 0.05) is 12.6 Å². The second-order valence-corrected chi connectivity index (χ2v) is 9.70. The third kappa shape index (κ3) is 4.40. The molecule has 1 fully saturated rings. The van der Waals surface area contributed by atoms with Gasteiger partial charge in [-0.3, -0.25) is 0 Å². The highest BCUT2D eigenvalue weighted by molar-refractivity contribution is 7.89. The zero-order chi connectivity index (χ0) is 21.0. The van der Waals surface area contributed by atoms with Crippen LogP contribution in [0.1, 0.15) is 36.0 Å². The molecule has 1 atom stereocenters. The first-order valence-corrected chi connectivity index (χ1v) is 11.9. The van der Waals surface area contributed by atoms with Gasteiger partial charge in [-0.15, -0.1) is 0 Å². The highest BCUT2D eigenvalue weighted by atomic mass is 32.2. The van der Waals surface area contributed by atoms with Crippen LogP contribution in [0.3, 0.4) is 0 Å². The molecular formula is C26H27NO2S. The summed E-state index contributed by atoms with van der Waals surface area (Å²) in [7, 11) is -3.48. The van der Waals surface area contributed by atoms with E-state index < -0.39 is 10.0 Å². The predicted molar refractivity (Wildman–Crippen MR) is 123 cm³/mol. The molecule has 3 nitrogen and oxygen atoms in total. The van der Waals surface area contributed by atoms with Crippen LogP contribution in [0.2, 0.25) is 0 Å². The lowest BCUT2D eigenvalue weighted by Crippen LogP contribution is -2.35. The Bertz CT molecular complexity index is 1080. The fourth-order valence-corrected chi connectivity index (χ4v) is 5.97. The molecule has 0 radical (unpaired) electrons. The van der Waals surface area contributed by atoms with Gasteiger partial charge in [-0.2, -0.15) is 4.31 Å². The number of rotatable bonds is 6. The lowest BCUT2D eigenvalue weighted by molar-refractivity contribution is 0.389. The van der Waals surface area contributed by atoms with E-state index in [-0.39, 0.29) is 6.04 Å². The molecule has 0 unspecified atom stereocenters. The topological polar surface area (TPSA) is 37.4 Å². The van der Waals surface area contributed by atoms with E-state index in [9.17, 15) is 8.42 Å². The molecule has 0 bridgehead atoms. The summed E-state index contributed by atoms with van der Waals surface area (Å²) in [5.41, 5.74) is 4.41. The molecule has 0 aromatic heterocycles. The fraction of sp³-hybridized carbons (Fsp3) is 0.231. The van der Waals surface area contributed by atoms with Crippen LogP contribution in [0.4, 0.5) is 0 Å². The van der Waals surface area contributed by atoms with E-state index in [1.807, 2.05) is 55.5 Å². The van der Waals surface area contributed by atoms with Crippen molar-refractivity contribution in [2.45, 2.75) is 37.1 Å². The zero-order valence-corrected chi connectivity index (χ0v) is 18.1. The number of nitrogens with zero attached hydrogens (tertiary/aromatic N) is 1. The van der Waals surface area contributed by atoms with E-state index in [0.717, 1.165) is 35.1 Å². The van der Waals surface area contributed by atoms with Crippen LogP contribution >= 0.6 is 0 Å². The largest absolute Gasteiger partial charge is 0.243 e. The average molecular weight is 418 g/mol.